The van der Waals surface area contributed by atoms with E-state index in [1.807, 2.05) is 0 Å². The topological polar surface area (TPSA) is 0 Å². The van der Waals surface area contributed by atoms with Crippen molar-refractivity contribution in [2.24, 2.45) is 0 Å². The van der Waals surface area contributed by atoms with Crippen LogP contribution in [0.1, 0.15) is 187 Å². The standard InChI is InChI=1S/C34H71BrN.ClH/c1-4-5-6-7-8-9-10-11-15-18-21-24-27-30-33-36(2,3)34-31-28-25-22-19-16-13-12-14-17-20-23-26-29-32-35;/h4-34H2,1-3H3;1H/q+1;/p-1. The van der Waals surface area contributed by atoms with Crippen molar-refractivity contribution >= 4 is 15.9 Å². The summed E-state index contributed by atoms with van der Waals surface area (Å²) in [7, 11) is 4.92. The van der Waals surface area contributed by atoms with E-state index in [4.69, 9.17) is 0 Å². The zero-order valence-electron chi connectivity index (χ0n) is 26.1. The molecule has 0 atom stereocenters. The molecule has 0 aliphatic heterocycles. The largest absolute Gasteiger partial charge is 1.00 e. The van der Waals surface area contributed by atoms with E-state index in [0.717, 1.165) is 0 Å². The number of unbranched alkanes of at least 4 members (excludes halogenated alkanes) is 26. The average molecular weight is 609 g/mol. The lowest BCUT2D eigenvalue weighted by Gasteiger charge is -2.30. The molecule has 0 heterocycles. The van der Waals surface area contributed by atoms with Crippen molar-refractivity contribution in [2.45, 2.75) is 187 Å². The number of quaternary nitrogens is 1. The molecule has 0 N–H and O–H groups in total. The van der Waals surface area contributed by atoms with Crippen molar-refractivity contribution in [3.63, 3.8) is 0 Å². The zero-order chi connectivity index (χ0) is 26.4. The maximum atomic E-state index is 3.52. The Morgan fingerprint density at radius 1 is 0.351 bits per heavy atom. The van der Waals surface area contributed by atoms with Gasteiger partial charge in [0.15, 0.2) is 0 Å². The van der Waals surface area contributed by atoms with Gasteiger partial charge in [-0.25, -0.2) is 0 Å². The Labute approximate surface area is 251 Å². The summed E-state index contributed by atoms with van der Waals surface area (Å²) in [6, 6.07) is 0. The second kappa shape index (κ2) is 32.9. The van der Waals surface area contributed by atoms with Crippen molar-refractivity contribution in [1.82, 2.24) is 0 Å². The Morgan fingerprint density at radius 2 is 0.568 bits per heavy atom. The molecule has 0 amide bonds. The third-order valence-corrected chi connectivity index (χ3v) is 8.82. The van der Waals surface area contributed by atoms with Gasteiger partial charge in [-0.15, -0.1) is 0 Å². The average Bonchev–Trinajstić information content (AvgIpc) is 2.86. The quantitative estimate of drug-likeness (QED) is 0.0418. The number of alkyl halides is 1. The molecule has 0 spiro atoms. The first-order chi connectivity index (χ1) is 17.6. The van der Waals surface area contributed by atoms with Crippen molar-refractivity contribution in [2.75, 3.05) is 32.5 Å². The summed E-state index contributed by atoms with van der Waals surface area (Å²) in [5, 5.41) is 1.18. The smallest absolute Gasteiger partial charge is 0.0782 e. The van der Waals surface area contributed by atoms with Gasteiger partial charge in [-0.1, -0.05) is 171 Å². The van der Waals surface area contributed by atoms with E-state index in [1.54, 1.807) is 0 Å². The van der Waals surface area contributed by atoms with Crippen LogP contribution in [0.15, 0.2) is 0 Å². The lowest BCUT2D eigenvalue weighted by Crippen LogP contribution is -3.00. The van der Waals surface area contributed by atoms with Crippen molar-refractivity contribution < 1.29 is 16.9 Å². The van der Waals surface area contributed by atoms with Crippen LogP contribution in [0.5, 0.6) is 0 Å². The normalized spacial score (nSPS) is 11.7. The molecule has 0 aromatic carbocycles. The van der Waals surface area contributed by atoms with E-state index < -0.39 is 0 Å². The molecule has 0 saturated heterocycles. The highest BCUT2D eigenvalue weighted by Crippen LogP contribution is 2.16. The van der Waals surface area contributed by atoms with Gasteiger partial charge in [0.2, 0.25) is 0 Å². The monoisotopic (exact) mass is 607 g/mol. The van der Waals surface area contributed by atoms with Gasteiger partial charge in [-0.05, 0) is 32.1 Å². The molecule has 0 rings (SSSR count). The van der Waals surface area contributed by atoms with Gasteiger partial charge < -0.3 is 16.9 Å². The Kier molecular flexibility index (Phi) is 35.5. The highest BCUT2D eigenvalue weighted by molar-refractivity contribution is 9.09. The van der Waals surface area contributed by atoms with E-state index >= 15 is 0 Å². The van der Waals surface area contributed by atoms with E-state index in [-0.39, 0.29) is 12.4 Å². The molecule has 0 bridgehead atoms. The van der Waals surface area contributed by atoms with Gasteiger partial charge >= 0.3 is 0 Å². The fraction of sp³-hybridized carbons (Fsp3) is 1.00. The predicted molar refractivity (Wildman–Crippen MR) is 171 cm³/mol. The minimum atomic E-state index is 0. The molecule has 0 aromatic heterocycles. The zero-order valence-corrected chi connectivity index (χ0v) is 28.5. The van der Waals surface area contributed by atoms with Crippen LogP contribution in [0, 0.1) is 0 Å². The lowest BCUT2D eigenvalue weighted by molar-refractivity contribution is -0.890. The molecule has 0 aliphatic rings. The fourth-order valence-electron chi connectivity index (χ4n) is 5.60. The highest BCUT2D eigenvalue weighted by atomic mass is 79.9. The summed E-state index contributed by atoms with van der Waals surface area (Å²) in [5.41, 5.74) is 0. The van der Waals surface area contributed by atoms with E-state index in [9.17, 15) is 0 Å². The summed E-state index contributed by atoms with van der Waals surface area (Å²) in [5.74, 6) is 0. The number of halogens is 2. The third-order valence-electron chi connectivity index (χ3n) is 8.26. The van der Waals surface area contributed by atoms with Crippen LogP contribution in [-0.4, -0.2) is 37.0 Å². The van der Waals surface area contributed by atoms with Crippen LogP contribution in [-0.2, 0) is 0 Å². The minimum Gasteiger partial charge on any atom is -1.00 e. The Bertz CT molecular complexity index is 401. The molecule has 3 heteroatoms. The molecule has 0 aliphatic carbocycles. The van der Waals surface area contributed by atoms with E-state index in [0.29, 0.717) is 0 Å². The first-order valence-corrected chi connectivity index (χ1v) is 18.1. The number of nitrogens with zero attached hydrogens (tertiary/aromatic N) is 1. The maximum Gasteiger partial charge on any atom is 0.0782 e. The van der Waals surface area contributed by atoms with Crippen LogP contribution in [0.25, 0.3) is 0 Å². The number of hydrogen-bond donors (Lipinski definition) is 0. The van der Waals surface area contributed by atoms with Gasteiger partial charge in [0.25, 0.3) is 0 Å². The van der Waals surface area contributed by atoms with Crippen molar-refractivity contribution in [3.05, 3.63) is 0 Å². The van der Waals surface area contributed by atoms with Crippen LogP contribution < -0.4 is 12.4 Å². The van der Waals surface area contributed by atoms with Crippen LogP contribution in [0.3, 0.4) is 0 Å². The number of rotatable bonds is 31. The maximum absolute atomic E-state index is 3.52. The molecular formula is C34H71BrClN. The first kappa shape index (κ1) is 39.9. The molecule has 0 aromatic rings. The minimum absolute atomic E-state index is 0. The summed E-state index contributed by atoms with van der Waals surface area (Å²) >= 11 is 3.52. The summed E-state index contributed by atoms with van der Waals surface area (Å²) in [4.78, 5) is 0. The highest BCUT2D eigenvalue weighted by Gasteiger charge is 2.13. The van der Waals surface area contributed by atoms with E-state index in [2.05, 4.69) is 36.9 Å². The second-order valence-corrected chi connectivity index (χ2v) is 13.4. The molecular weight excluding hydrogens is 538 g/mol. The summed E-state index contributed by atoms with van der Waals surface area (Å²) < 4.78 is 1.24. The first-order valence-electron chi connectivity index (χ1n) is 17.0. The van der Waals surface area contributed by atoms with Gasteiger partial charge in [0.05, 0.1) is 27.2 Å². The van der Waals surface area contributed by atoms with Crippen LogP contribution in [0.2, 0.25) is 0 Å². The van der Waals surface area contributed by atoms with E-state index in [1.165, 1.54) is 203 Å². The van der Waals surface area contributed by atoms with Gasteiger partial charge in [-0.3, -0.25) is 0 Å². The van der Waals surface area contributed by atoms with Crippen LogP contribution in [0.4, 0.5) is 0 Å². The van der Waals surface area contributed by atoms with Gasteiger partial charge in [0.1, 0.15) is 0 Å². The molecule has 37 heavy (non-hydrogen) atoms. The lowest BCUT2D eigenvalue weighted by atomic mass is 10.0. The predicted octanol–water partition coefficient (Wildman–Crippen LogP) is 9.40. The fourth-order valence-corrected chi connectivity index (χ4v) is 6.00. The summed E-state index contributed by atoms with van der Waals surface area (Å²) in [6.45, 7) is 5.07. The van der Waals surface area contributed by atoms with Crippen molar-refractivity contribution in [3.8, 4) is 0 Å². The molecule has 226 valence electrons. The van der Waals surface area contributed by atoms with Gasteiger partial charge in [-0.2, -0.15) is 0 Å². The Balaban J connectivity index is 0. The molecule has 0 fully saturated rings. The SMILES string of the molecule is CCCCCCCCCCCCCCCC[N+](C)(C)CCCCCCCCCCCCCCCCBr.[Cl-]. The summed E-state index contributed by atoms with van der Waals surface area (Å²) in [6.07, 6.45) is 40.8. The molecule has 1 nitrogen and oxygen atoms in total. The van der Waals surface area contributed by atoms with Crippen molar-refractivity contribution in [1.29, 1.82) is 0 Å². The Hall–Kier alpha value is 0.730. The molecule has 0 radical (unpaired) electrons. The molecule has 0 saturated carbocycles. The molecule has 0 unspecified atom stereocenters. The third kappa shape index (κ3) is 34.7. The number of hydrogen-bond acceptors (Lipinski definition) is 0. The second-order valence-electron chi connectivity index (χ2n) is 12.6. The van der Waals surface area contributed by atoms with Crippen LogP contribution >= 0.6 is 15.9 Å². The Morgan fingerprint density at radius 3 is 0.811 bits per heavy atom. The van der Waals surface area contributed by atoms with Gasteiger partial charge in [0, 0.05) is 5.33 Å².